The number of hydrogen-bond acceptors (Lipinski definition) is 8. The summed E-state index contributed by atoms with van der Waals surface area (Å²) in [6.07, 6.45) is 10.0. The molecule has 2 N–H and O–H groups in total. The van der Waals surface area contributed by atoms with Crippen LogP contribution in [0, 0.1) is 17.2 Å². The van der Waals surface area contributed by atoms with E-state index in [1.54, 1.807) is 55.5 Å². The lowest BCUT2D eigenvalue weighted by atomic mass is 9.70. The Kier molecular flexibility index (Phi) is 8.78. The van der Waals surface area contributed by atoms with E-state index in [9.17, 15) is 33.5 Å². The molecule has 1 aliphatic carbocycles. The van der Waals surface area contributed by atoms with Crippen LogP contribution < -0.4 is 5.56 Å². The largest absolute Gasteiger partial charge is 0.492 e. The molecular weight excluding hydrogens is 556 g/mol. The van der Waals surface area contributed by atoms with Crippen LogP contribution in [0.2, 0.25) is 0 Å². The summed E-state index contributed by atoms with van der Waals surface area (Å²) in [6, 6.07) is 10.8. The van der Waals surface area contributed by atoms with Crippen molar-refractivity contribution in [1.29, 1.82) is 5.26 Å². The first kappa shape index (κ1) is 30.4. The standard InChI is InChI=1S/C31H32N4O6S/c1-4-6-13-25-34-28(36)27(29(37)35(25)24(5-2)21-11-9-10-20(17-21)18-32)42(40,41)26-15-14-22(19-33-26)31(3)16-8-7-12-23(31)30(38)39/h7-12,14-17,19,23-24,36H,4-6,13H2,1-3H3,(H,38,39)/t23?,24-,31?/m0/s1. The summed E-state index contributed by atoms with van der Waals surface area (Å²) in [5.41, 5.74) is -0.440. The number of aromatic hydroxyl groups is 1. The summed E-state index contributed by atoms with van der Waals surface area (Å²) < 4.78 is 28.9. The van der Waals surface area contributed by atoms with Crippen molar-refractivity contribution < 1.29 is 23.4 Å². The van der Waals surface area contributed by atoms with Crippen molar-refractivity contribution in [2.75, 3.05) is 0 Å². The van der Waals surface area contributed by atoms with Gasteiger partial charge in [-0.05, 0) is 42.2 Å². The van der Waals surface area contributed by atoms with E-state index < -0.39 is 54.5 Å². The van der Waals surface area contributed by atoms with E-state index in [0.29, 0.717) is 36.0 Å². The molecular formula is C31H32N4O6S. The van der Waals surface area contributed by atoms with Gasteiger partial charge in [-0.3, -0.25) is 14.2 Å². The van der Waals surface area contributed by atoms with E-state index in [2.05, 4.69) is 16.0 Å². The Morgan fingerprint density at radius 1 is 1.21 bits per heavy atom. The molecule has 0 spiro atoms. The van der Waals surface area contributed by atoms with Crippen LogP contribution in [-0.2, 0) is 26.5 Å². The number of sulfone groups is 1. The zero-order valence-electron chi connectivity index (χ0n) is 23.6. The quantitative estimate of drug-likeness (QED) is 0.348. The number of unbranched alkanes of at least 4 members (excludes halogenated alkanes) is 1. The van der Waals surface area contributed by atoms with Crippen LogP contribution in [0.1, 0.15) is 68.6 Å². The lowest BCUT2D eigenvalue weighted by Crippen LogP contribution is -2.36. The Labute approximate surface area is 244 Å². The normalized spacial score (nSPS) is 18.9. The first-order chi connectivity index (χ1) is 20.0. The van der Waals surface area contributed by atoms with Gasteiger partial charge < -0.3 is 10.2 Å². The smallest absolute Gasteiger partial charge is 0.311 e. The number of nitriles is 1. The fourth-order valence-electron chi connectivity index (χ4n) is 5.31. The summed E-state index contributed by atoms with van der Waals surface area (Å²) in [4.78, 5) is 33.3. The lowest BCUT2D eigenvalue weighted by molar-refractivity contribution is -0.141. The minimum absolute atomic E-state index is 0.237. The number of hydrogen-bond donors (Lipinski definition) is 2. The Balaban J connectivity index is 1.86. The van der Waals surface area contributed by atoms with E-state index >= 15 is 0 Å². The fourth-order valence-corrected chi connectivity index (χ4v) is 6.57. The fraction of sp³-hybridized carbons (Fsp3) is 0.323. The molecule has 0 saturated carbocycles. The van der Waals surface area contributed by atoms with Crippen LogP contribution in [0.3, 0.4) is 0 Å². The third kappa shape index (κ3) is 5.50. The second kappa shape index (κ2) is 12.1. The van der Waals surface area contributed by atoms with E-state index in [1.807, 2.05) is 13.8 Å². The molecule has 0 fully saturated rings. The van der Waals surface area contributed by atoms with E-state index in [-0.39, 0.29) is 5.82 Å². The molecule has 0 saturated heterocycles. The number of allylic oxidation sites excluding steroid dienone is 3. The first-order valence-electron chi connectivity index (χ1n) is 13.6. The number of carboxylic acids is 1. The van der Waals surface area contributed by atoms with Crippen LogP contribution >= 0.6 is 0 Å². The first-order valence-corrected chi connectivity index (χ1v) is 15.1. The Morgan fingerprint density at radius 3 is 2.60 bits per heavy atom. The number of rotatable bonds is 10. The molecule has 3 aromatic rings. The molecule has 2 aromatic heterocycles. The highest BCUT2D eigenvalue weighted by atomic mass is 32.2. The van der Waals surface area contributed by atoms with Crippen molar-refractivity contribution >= 4 is 15.8 Å². The summed E-state index contributed by atoms with van der Waals surface area (Å²) >= 11 is 0. The predicted molar refractivity (Wildman–Crippen MR) is 155 cm³/mol. The van der Waals surface area contributed by atoms with Gasteiger partial charge in [-0.2, -0.15) is 10.2 Å². The van der Waals surface area contributed by atoms with Gasteiger partial charge in [-0.1, -0.05) is 69.7 Å². The third-order valence-corrected chi connectivity index (χ3v) is 9.34. The SMILES string of the molecule is CCCCc1nc(O)c(S(=O)(=O)c2ccc(C3(C)C=CC=CC3C(=O)O)cn2)c(=O)n1[C@@H](CC)c1cccc(C#N)c1. The summed E-state index contributed by atoms with van der Waals surface area (Å²) in [7, 11) is -4.65. The molecule has 42 heavy (non-hydrogen) atoms. The van der Waals surface area contributed by atoms with Crippen molar-refractivity contribution in [2.24, 2.45) is 5.92 Å². The Bertz CT molecular complexity index is 1770. The zero-order chi connectivity index (χ0) is 30.7. The predicted octanol–water partition coefficient (Wildman–Crippen LogP) is 4.47. The highest BCUT2D eigenvalue weighted by molar-refractivity contribution is 7.91. The van der Waals surface area contributed by atoms with Crippen LogP contribution in [-0.4, -0.2) is 39.1 Å². The zero-order valence-corrected chi connectivity index (χ0v) is 24.4. The van der Waals surface area contributed by atoms with Crippen LogP contribution in [0.25, 0.3) is 0 Å². The van der Waals surface area contributed by atoms with Gasteiger partial charge in [0, 0.05) is 18.0 Å². The minimum atomic E-state index is -4.65. The number of pyridine rings is 1. The van der Waals surface area contributed by atoms with Crippen LogP contribution in [0.15, 0.2) is 81.6 Å². The average molecular weight is 589 g/mol. The van der Waals surface area contributed by atoms with E-state index in [4.69, 9.17) is 0 Å². The van der Waals surface area contributed by atoms with Gasteiger partial charge in [0.1, 0.15) is 5.82 Å². The van der Waals surface area contributed by atoms with Gasteiger partial charge >= 0.3 is 5.97 Å². The van der Waals surface area contributed by atoms with Crippen LogP contribution in [0.5, 0.6) is 5.88 Å². The van der Waals surface area contributed by atoms with Gasteiger partial charge in [0.15, 0.2) is 5.03 Å². The van der Waals surface area contributed by atoms with Crippen molar-refractivity contribution in [3.63, 3.8) is 0 Å². The van der Waals surface area contributed by atoms with Crippen LogP contribution in [0.4, 0.5) is 0 Å². The number of benzene rings is 1. The van der Waals surface area contributed by atoms with Crippen molar-refractivity contribution in [3.8, 4) is 11.9 Å². The van der Waals surface area contributed by atoms with Gasteiger partial charge in [-0.15, -0.1) is 0 Å². The number of aryl methyl sites for hydroxylation is 1. The topological polar surface area (TPSA) is 163 Å². The second-order valence-electron chi connectivity index (χ2n) is 10.4. The van der Waals surface area contributed by atoms with E-state index in [1.165, 1.54) is 22.9 Å². The Hall–Kier alpha value is -4.56. The Morgan fingerprint density at radius 2 is 1.98 bits per heavy atom. The molecule has 0 bridgehead atoms. The molecule has 3 atom stereocenters. The number of carbonyl (C=O) groups is 1. The molecule has 4 rings (SSSR count). The molecule has 2 unspecified atom stereocenters. The lowest BCUT2D eigenvalue weighted by Gasteiger charge is -2.32. The van der Waals surface area contributed by atoms with Gasteiger partial charge in [0.25, 0.3) is 5.56 Å². The molecule has 218 valence electrons. The van der Waals surface area contributed by atoms with Crippen molar-refractivity contribution in [2.45, 2.75) is 67.8 Å². The molecule has 1 aliphatic rings. The maximum absolute atomic E-state index is 14.0. The summed E-state index contributed by atoms with van der Waals surface area (Å²) in [5, 5.41) is 29.5. The van der Waals surface area contributed by atoms with Gasteiger partial charge in [-0.25, -0.2) is 13.4 Å². The monoisotopic (exact) mass is 588 g/mol. The van der Waals surface area contributed by atoms with E-state index in [0.717, 1.165) is 6.42 Å². The highest BCUT2D eigenvalue weighted by Crippen LogP contribution is 2.37. The number of aromatic nitrogens is 3. The summed E-state index contributed by atoms with van der Waals surface area (Å²) in [5.74, 6) is -2.61. The second-order valence-corrected chi connectivity index (χ2v) is 12.2. The molecule has 0 amide bonds. The van der Waals surface area contributed by atoms with Gasteiger partial charge in [0.05, 0.1) is 23.6 Å². The molecule has 10 nitrogen and oxygen atoms in total. The van der Waals surface area contributed by atoms with Crippen molar-refractivity contribution in [1.82, 2.24) is 14.5 Å². The molecule has 2 heterocycles. The molecule has 11 heteroatoms. The molecule has 0 aliphatic heterocycles. The summed E-state index contributed by atoms with van der Waals surface area (Å²) in [6.45, 7) is 5.51. The maximum atomic E-state index is 14.0. The number of nitrogens with zero attached hydrogens (tertiary/aromatic N) is 4. The maximum Gasteiger partial charge on any atom is 0.311 e. The average Bonchev–Trinajstić information content (AvgIpc) is 2.97. The molecule has 1 aromatic carbocycles. The molecule has 0 radical (unpaired) electrons. The van der Waals surface area contributed by atoms with Crippen molar-refractivity contribution in [3.05, 3.63) is 99.8 Å². The minimum Gasteiger partial charge on any atom is -0.492 e. The third-order valence-electron chi connectivity index (χ3n) is 7.65. The van der Waals surface area contributed by atoms with Gasteiger partial charge in [0.2, 0.25) is 20.6 Å². The number of aliphatic carboxylic acids is 1. The number of carboxylic acid groups (broad SMARTS) is 1. The highest BCUT2D eigenvalue weighted by Gasteiger charge is 2.39.